The molecule has 0 saturated carbocycles. The van der Waals surface area contributed by atoms with Gasteiger partial charge in [-0.3, -0.25) is 9.59 Å². The average Bonchev–Trinajstić information content (AvgIpc) is 2.70. The number of ether oxygens (including phenoxy) is 1. The maximum atomic E-state index is 11.9. The fourth-order valence-electron chi connectivity index (χ4n) is 2.87. The molecule has 0 heterocycles. The highest BCUT2D eigenvalue weighted by molar-refractivity contribution is 5.98. The summed E-state index contributed by atoms with van der Waals surface area (Å²) in [4.78, 5) is 35.3. The number of esters is 1. The van der Waals surface area contributed by atoms with Crippen LogP contribution in [0.1, 0.15) is 33.5 Å². The molecule has 0 bridgehead atoms. The van der Waals surface area contributed by atoms with Crippen LogP contribution in [-0.2, 0) is 27.2 Å². The van der Waals surface area contributed by atoms with Gasteiger partial charge in [0.2, 0.25) is 0 Å². The highest BCUT2D eigenvalue weighted by Gasteiger charge is 2.46. The van der Waals surface area contributed by atoms with Crippen LogP contribution in [0.2, 0.25) is 0 Å². The number of carbonyl (C=O) groups excluding carboxylic acids is 1. The summed E-state index contributed by atoms with van der Waals surface area (Å²) in [6, 6.07) is 14.5. The Morgan fingerprint density at radius 1 is 0.964 bits per heavy atom. The third kappa shape index (κ3) is 4.54. The van der Waals surface area contributed by atoms with E-state index in [1.54, 1.807) is 24.3 Å². The van der Waals surface area contributed by atoms with E-state index >= 15 is 0 Å². The summed E-state index contributed by atoms with van der Waals surface area (Å²) in [6.45, 7) is 0. The van der Waals surface area contributed by atoms with Gasteiger partial charge in [-0.1, -0.05) is 24.3 Å². The van der Waals surface area contributed by atoms with E-state index in [1.807, 2.05) is 6.07 Å². The van der Waals surface area contributed by atoms with Gasteiger partial charge >= 0.3 is 17.9 Å². The zero-order valence-electron chi connectivity index (χ0n) is 15.2. The van der Waals surface area contributed by atoms with Crippen LogP contribution in [0.3, 0.4) is 0 Å². The number of hydrogen-bond donors (Lipinski definition) is 2. The van der Waals surface area contributed by atoms with E-state index in [9.17, 15) is 24.6 Å². The lowest BCUT2D eigenvalue weighted by Gasteiger charge is -2.25. The molecule has 0 unspecified atom stereocenters. The Kier molecular flexibility index (Phi) is 6.51. The highest BCUT2D eigenvalue weighted by Crippen LogP contribution is 2.30. The summed E-state index contributed by atoms with van der Waals surface area (Å²) >= 11 is 0. The Hall–Kier alpha value is -3.66. The van der Waals surface area contributed by atoms with Crippen LogP contribution in [0.15, 0.2) is 48.5 Å². The molecule has 2 rings (SSSR count). The van der Waals surface area contributed by atoms with Crippen LogP contribution < -0.4 is 0 Å². The molecule has 7 heteroatoms. The van der Waals surface area contributed by atoms with Gasteiger partial charge < -0.3 is 14.9 Å². The van der Waals surface area contributed by atoms with Crippen LogP contribution in [0.4, 0.5) is 0 Å². The fourth-order valence-corrected chi connectivity index (χ4v) is 2.87. The molecule has 0 aromatic heterocycles. The van der Waals surface area contributed by atoms with Crippen molar-refractivity contribution in [3.8, 4) is 6.07 Å². The molecule has 0 atom stereocenters. The first kappa shape index (κ1) is 20.6. The van der Waals surface area contributed by atoms with E-state index in [2.05, 4.69) is 4.74 Å². The fraction of sp³-hybridized carbons (Fsp3) is 0.238. The average molecular weight is 381 g/mol. The van der Waals surface area contributed by atoms with E-state index in [0.717, 1.165) is 5.56 Å². The molecule has 0 aliphatic heterocycles. The van der Waals surface area contributed by atoms with Crippen molar-refractivity contribution >= 4 is 17.9 Å². The number of benzene rings is 2. The van der Waals surface area contributed by atoms with Crippen molar-refractivity contribution in [1.82, 2.24) is 0 Å². The monoisotopic (exact) mass is 381 g/mol. The number of nitrogens with zero attached hydrogens (tertiary/aromatic N) is 1. The van der Waals surface area contributed by atoms with Gasteiger partial charge in [0.15, 0.2) is 5.41 Å². The molecule has 0 aliphatic carbocycles. The number of methoxy groups -OCH3 is 1. The zero-order chi connectivity index (χ0) is 20.7. The molecule has 0 amide bonds. The van der Waals surface area contributed by atoms with E-state index in [-0.39, 0.29) is 19.3 Å². The van der Waals surface area contributed by atoms with Crippen molar-refractivity contribution in [1.29, 1.82) is 5.26 Å². The predicted molar refractivity (Wildman–Crippen MR) is 98.7 cm³/mol. The molecule has 2 aromatic carbocycles. The molecule has 2 N–H and O–H groups in total. The summed E-state index contributed by atoms with van der Waals surface area (Å²) in [7, 11) is 1.25. The van der Waals surface area contributed by atoms with Crippen molar-refractivity contribution in [2.24, 2.45) is 5.41 Å². The van der Waals surface area contributed by atoms with Crippen LogP contribution in [0.5, 0.6) is 0 Å². The summed E-state index contributed by atoms with van der Waals surface area (Å²) in [5.74, 6) is -3.38. The van der Waals surface area contributed by atoms with Crippen LogP contribution in [-0.4, -0.2) is 35.2 Å². The van der Waals surface area contributed by atoms with Gasteiger partial charge in [-0.15, -0.1) is 0 Å². The summed E-state index contributed by atoms with van der Waals surface area (Å²) in [5, 5.41) is 28.2. The van der Waals surface area contributed by atoms with Crippen LogP contribution in [0.25, 0.3) is 0 Å². The Balaban J connectivity index is 2.25. The Labute approximate surface area is 161 Å². The number of carbonyl (C=O) groups is 3. The maximum absolute atomic E-state index is 11.9. The Morgan fingerprint density at radius 3 is 1.96 bits per heavy atom. The lowest BCUT2D eigenvalue weighted by atomic mass is 9.77. The zero-order valence-corrected chi connectivity index (χ0v) is 15.2. The minimum Gasteiger partial charge on any atom is -0.480 e. The standard InChI is InChI=1S/C21H19NO6/c1-28-18(23)17-8-6-15(7-9-17)12-21(19(24)25,20(26)27)11-10-14-2-4-16(13-22)5-3-14/h2-9H,10-12H2,1H3,(H,24,25)(H,26,27). The number of aliphatic carboxylic acids is 2. The molecular formula is C21H19NO6. The lowest BCUT2D eigenvalue weighted by molar-refractivity contribution is -0.165. The summed E-state index contributed by atoms with van der Waals surface area (Å²) < 4.78 is 4.61. The van der Waals surface area contributed by atoms with Gasteiger partial charge in [-0.05, 0) is 54.7 Å². The third-order valence-electron chi connectivity index (χ3n) is 4.62. The lowest BCUT2D eigenvalue weighted by Crippen LogP contribution is -2.42. The summed E-state index contributed by atoms with van der Waals surface area (Å²) in [6.07, 6.45) is -0.123. The third-order valence-corrected chi connectivity index (χ3v) is 4.62. The van der Waals surface area contributed by atoms with Gasteiger partial charge in [0.05, 0.1) is 24.3 Å². The van der Waals surface area contributed by atoms with Crippen LogP contribution in [0, 0.1) is 16.7 Å². The molecule has 28 heavy (non-hydrogen) atoms. The second-order valence-electron chi connectivity index (χ2n) is 6.37. The Bertz CT molecular complexity index is 895. The Morgan fingerprint density at radius 2 is 1.50 bits per heavy atom. The van der Waals surface area contributed by atoms with Crippen molar-refractivity contribution in [2.75, 3.05) is 7.11 Å². The molecule has 0 fully saturated rings. The van der Waals surface area contributed by atoms with Gasteiger partial charge in [0.25, 0.3) is 0 Å². The van der Waals surface area contributed by atoms with Crippen LogP contribution >= 0.6 is 0 Å². The molecule has 7 nitrogen and oxygen atoms in total. The topological polar surface area (TPSA) is 125 Å². The molecule has 0 spiro atoms. The van der Waals surface area contributed by atoms with Gasteiger partial charge in [0, 0.05) is 0 Å². The SMILES string of the molecule is COC(=O)c1ccc(CC(CCc2ccc(C#N)cc2)(C(=O)O)C(=O)O)cc1. The van der Waals surface area contributed by atoms with E-state index in [0.29, 0.717) is 16.7 Å². The molecular weight excluding hydrogens is 362 g/mol. The van der Waals surface area contributed by atoms with Crippen molar-refractivity contribution in [3.05, 3.63) is 70.8 Å². The molecule has 0 aliphatic rings. The van der Waals surface area contributed by atoms with Gasteiger partial charge in [-0.25, -0.2) is 4.79 Å². The van der Waals surface area contributed by atoms with Crippen molar-refractivity contribution in [2.45, 2.75) is 19.3 Å². The van der Waals surface area contributed by atoms with E-state index in [4.69, 9.17) is 5.26 Å². The largest absolute Gasteiger partial charge is 0.480 e. The predicted octanol–water partition coefficient (Wildman–Crippen LogP) is 2.68. The minimum atomic E-state index is -2.01. The second-order valence-corrected chi connectivity index (χ2v) is 6.37. The molecule has 144 valence electrons. The quantitative estimate of drug-likeness (QED) is 0.532. The first-order valence-corrected chi connectivity index (χ1v) is 8.45. The minimum absolute atomic E-state index is 0.123. The number of carboxylic acids is 2. The first-order valence-electron chi connectivity index (χ1n) is 8.45. The van der Waals surface area contributed by atoms with Gasteiger partial charge in [0.1, 0.15) is 0 Å². The number of aryl methyl sites for hydroxylation is 1. The molecule has 2 aromatic rings. The molecule has 0 saturated heterocycles. The maximum Gasteiger partial charge on any atom is 0.337 e. The van der Waals surface area contributed by atoms with Crippen molar-refractivity contribution < 1.29 is 29.3 Å². The first-order chi connectivity index (χ1) is 13.3. The highest BCUT2D eigenvalue weighted by atomic mass is 16.5. The molecule has 0 radical (unpaired) electrons. The van der Waals surface area contributed by atoms with Gasteiger partial charge in [-0.2, -0.15) is 5.26 Å². The van der Waals surface area contributed by atoms with Crippen molar-refractivity contribution in [3.63, 3.8) is 0 Å². The second kappa shape index (κ2) is 8.82. The number of hydrogen-bond acceptors (Lipinski definition) is 5. The number of nitriles is 1. The number of rotatable bonds is 8. The summed E-state index contributed by atoms with van der Waals surface area (Å²) in [5.41, 5.74) is -0.0258. The van der Waals surface area contributed by atoms with E-state index in [1.165, 1.54) is 31.4 Å². The van der Waals surface area contributed by atoms with E-state index < -0.39 is 23.3 Å². The normalized spacial score (nSPS) is 10.7. The smallest absolute Gasteiger partial charge is 0.337 e. The number of carboxylic acid groups (broad SMARTS) is 2.